The number of para-hydroxylation sites is 1. The molecule has 0 bridgehead atoms. The first-order chi connectivity index (χ1) is 10.2. The van der Waals surface area contributed by atoms with Crippen LogP contribution >= 0.6 is 0 Å². The Morgan fingerprint density at radius 2 is 1.76 bits per heavy atom. The molecule has 3 heteroatoms. The molecule has 1 N–H and O–H groups in total. The maximum atomic E-state index is 4.70. The van der Waals surface area contributed by atoms with Crippen molar-refractivity contribution in [2.45, 2.75) is 47.1 Å². The van der Waals surface area contributed by atoms with E-state index < -0.39 is 0 Å². The summed E-state index contributed by atoms with van der Waals surface area (Å²) in [4.78, 5) is 0. The van der Waals surface area contributed by atoms with Gasteiger partial charge in [-0.2, -0.15) is 5.10 Å². The molecule has 0 saturated carbocycles. The van der Waals surface area contributed by atoms with Gasteiger partial charge in [0.1, 0.15) is 0 Å². The molecule has 0 unspecified atom stereocenters. The molecule has 1 heterocycles. The van der Waals surface area contributed by atoms with Crippen molar-refractivity contribution >= 4 is 0 Å². The second-order valence-electron chi connectivity index (χ2n) is 5.71. The molecule has 1 aromatic carbocycles. The van der Waals surface area contributed by atoms with E-state index in [1.165, 1.54) is 24.1 Å². The number of aromatic nitrogens is 2. The van der Waals surface area contributed by atoms with Gasteiger partial charge in [0.2, 0.25) is 0 Å². The Morgan fingerprint density at radius 3 is 2.38 bits per heavy atom. The smallest absolute Gasteiger partial charge is 0.0648 e. The van der Waals surface area contributed by atoms with E-state index in [2.05, 4.69) is 57.3 Å². The highest BCUT2D eigenvalue weighted by molar-refractivity contribution is 5.36. The summed E-state index contributed by atoms with van der Waals surface area (Å²) in [6.45, 7) is 10.8. The van der Waals surface area contributed by atoms with Gasteiger partial charge >= 0.3 is 0 Å². The molecular weight excluding hydrogens is 258 g/mol. The van der Waals surface area contributed by atoms with Gasteiger partial charge in [-0.1, -0.05) is 44.9 Å². The van der Waals surface area contributed by atoms with Crippen LogP contribution in [0, 0.1) is 19.8 Å². The van der Waals surface area contributed by atoms with Gasteiger partial charge in [0, 0.05) is 17.8 Å². The van der Waals surface area contributed by atoms with Crippen LogP contribution in [-0.2, 0) is 6.54 Å². The van der Waals surface area contributed by atoms with Crippen LogP contribution in [0.4, 0.5) is 0 Å². The molecule has 0 aliphatic heterocycles. The minimum absolute atomic E-state index is 0.773. The highest BCUT2D eigenvalue weighted by atomic mass is 15.3. The van der Waals surface area contributed by atoms with E-state index in [1.807, 2.05) is 10.7 Å². The van der Waals surface area contributed by atoms with Crippen molar-refractivity contribution in [3.63, 3.8) is 0 Å². The summed E-state index contributed by atoms with van der Waals surface area (Å²) < 4.78 is 2.05. The van der Waals surface area contributed by atoms with Crippen molar-refractivity contribution in [1.29, 1.82) is 0 Å². The molecule has 0 aliphatic carbocycles. The molecule has 0 amide bonds. The molecule has 21 heavy (non-hydrogen) atoms. The Hall–Kier alpha value is -1.61. The normalized spacial score (nSPS) is 11.3. The molecule has 0 radical (unpaired) electrons. The number of benzene rings is 1. The summed E-state index contributed by atoms with van der Waals surface area (Å²) in [5.74, 6) is 0.773. The minimum atomic E-state index is 0.773. The van der Waals surface area contributed by atoms with Crippen LogP contribution in [0.2, 0.25) is 0 Å². The highest BCUT2D eigenvalue weighted by Gasteiger charge is 2.12. The lowest BCUT2D eigenvalue weighted by molar-refractivity contribution is 0.449. The van der Waals surface area contributed by atoms with Crippen molar-refractivity contribution in [3.8, 4) is 5.69 Å². The standard InChI is InChI=1S/C18H27N3/c1-5-16(6-2)12-19-13-18-14(3)20-21(15(18)4)17-10-8-7-9-11-17/h7-11,16,19H,5-6,12-13H2,1-4H3. The molecule has 0 fully saturated rings. The zero-order chi connectivity index (χ0) is 15.2. The zero-order valence-electron chi connectivity index (χ0n) is 13.7. The topological polar surface area (TPSA) is 29.9 Å². The molecule has 2 rings (SSSR count). The van der Waals surface area contributed by atoms with Gasteiger partial charge in [0.05, 0.1) is 11.4 Å². The Morgan fingerprint density at radius 1 is 1.10 bits per heavy atom. The van der Waals surface area contributed by atoms with E-state index in [1.54, 1.807) is 0 Å². The predicted molar refractivity (Wildman–Crippen MR) is 88.8 cm³/mol. The lowest BCUT2D eigenvalue weighted by atomic mass is 10.0. The maximum absolute atomic E-state index is 4.70. The largest absolute Gasteiger partial charge is 0.312 e. The first-order valence-corrected chi connectivity index (χ1v) is 7.98. The van der Waals surface area contributed by atoms with Crippen LogP contribution in [0.3, 0.4) is 0 Å². The van der Waals surface area contributed by atoms with E-state index in [9.17, 15) is 0 Å². The molecule has 0 atom stereocenters. The molecule has 2 aromatic rings. The number of rotatable bonds is 7. The van der Waals surface area contributed by atoms with Gasteiger partial charge in [-0.05, 0) is 38.4 Å². The van der Waals surface area contributed by atoms with Crippen LogP contribution in [0.1, 0.15) is 43.6 Å². The van der Waals surface area contributed by atoms with E-state index in [0.29, 0.717) is 0 Å². The average Bonchev–Trinajstić information content (AvgIpc) is 2.80. The summed E-state index contributed by atoms with van der Waals surface area (Å²) in [5, 5.41) is 8.29. The Bertz CT molecular complexity index is 553. The van der Waals surface area contributed by atoms with Crippen LogP contribution in [0.15, 0.2) is 30.3 Å². The SMILES string of the molecule is CCC(CC)CNCc1c(C)nn(-c2ccccc2)c1C. The molecule has 114 valence electrons. The van der Waals surface area contributed by atoms with Crippen LogP contribution in [-0.4, -0.2) is 16.3 Å². The molecular formula is C18H27N3. The third-order valence-corrected chi connectivity index (χ3v) is 4.33. The van der Waals surface area contributed by atoms with Gasteiger partial charge in [-0.3, -0.25) is 0 Å². The molecule has 1 aromatic heterocycles. The number of aryl methyl sites for hydroxylation is 1. The monoisotopic (exact) mass is 285 g/mol. The van der Waals surface area contributed by atoms with Crippen molar-refractivity contribution in [1.82, 2.24) is 15.1 Å². The lowest BCUT2D eigenvalue weighted by Crippen LogP contribution is -2.22. The first-order valence-electron chi connectivity index (χ1n) is 7.98. The summed E-state index contributed by atoms with van der Waals surface area (Å²) >= 11 is 0. The van der Waals surface area contributed by atoms with Gasteiger partial charge in [0.25, 0.3) is 0 Å². The van der Waals surface area contributed by atoms with Gasteiger partial charge in [-0.25, -0.2) is 4.68 Å². The van der Waals surface area contributed by atoms with Gasteiger partial charge in [-0.15, -0.1) is 0 Å². The Kier molecular flexibility index (Phi) is 5.57. The molecule has 0 aliphatic rings. The summed E-state index contributed by atoms with van der Waals surface area (Å²) in [5.41, 5.74) is 4.80. The summed E-state index contributed by atoms with van der Waals surface area (Å²) in [6, 6.07) is 10.3. The number of nitrogens with one attached hydrogen (secondary N) is 1. The summed E-state index contributed by atoms with van der Waals surface area (Å²) in [7, 11) is 0. The Balaban J connectivity index is 2.09. The number of hydrogen-bond acceptors (Lipinski definition) is 2. The van der Waals surface area contributed by atoms with E-state index in [0.717, 1.165) is 30.4 Å². The van der Waals surface area contributed by atoms with Gasteiger partial charge in [0.15, 0.2) is 0 Å². The van der Waals surface area contributed by atoms with Crippen molar-refractivity contribution in [2.75, 3.05) is 6.54 Å². The van der Waals surface area contributed by atoms with Crippen molar-refractivity contribution < 1.29 is 0 Å². The van der Waals surface area contributed by atoms with Crippen LogP contribution < -0.4 is 5.32 Å². The molecule has 3 nitrogen and oxygen atoms in total. The van der Waals surface area contributed by atoms with Crippen LogP contribution in [0.5, 0.6) is 0 Å². The van der Waals surface area contributed by atoms with Crippen molar-refractivity contribution in [3.05, 3.63) is 47.3 Å². The average molecular weight is 285 g/mol. The predicted octanol–water partition coefficient (Wildman–Crippen LogP) is 4.01. The Labute approximate surface area is 128 Å². The van der Waals surface area contributed by atoms with Gasteiger partial charge < -0.3 is 5.32 Å². The number of hydrogen-bond donors (Lipinski definition) is 1. The fourth-order valence-electron chi connectivity index (χ4n) is 2.73. The van der Waals surface area contributed by atoms with E-state index in [-0.39, 0.29) is 0 Å². The zero-order valence-corrected chi connectivity index (χ0v) is 13.7. The molecule has 0 saturated heterocycles. The van der Waals surface area contributed by atoms with E-state index in [4.69, 9.17) is 5.10 Å². The van der Waals surface area contributed by atoms with Crippen LogP contribution in [0.25, 0.3) is 5.69 Å². The second kappa shape index (κ2) is 7.41. The quantitative estimate of drug-likeness (QED) is 0.833. The minimum Gasteiger partial charge on any atom is -0.312 e. The fourth-order valence-corrected chi connectivity index (χ4v) is 2.73. The number of nitrogens with zero attached hydrogens (tertiary/aromatic N) is 2. The highest BCUT2D eigenvalue weighted by Crippen LogP contribution is 2.17. The molecule has 0 spiro atoms. The fraction of sp³-hybridized carbons (Fsp3) is 0.500. The third kappa shape index (κ3) is 3.73. The third-order valence-electron chi connectivity index (χ3n) is 4.33. The second-order valence-corrected chi connectivity index (χ2v) is 5.71. The lowest BCUT2D eigenvalue weighted by Gasteiger charge is -2.13. The summed E-state index contributed by atoms with van der Waals surface area (Å²) in [6.07, 6.45) is 2.48. The van der Waals surface area contributed by atoms with E-state index >= 15 is 0 Å². The first kappa shape index (κ1) is 15.8. The maximum Gasteiger partial charge on any atom is 0.0648 e. The van der Waals surface area contributed by atoms with Crippen molar-refractivity contribution in [2.24, 2.45) is 5.92 Å².